The summed E-state index contributed by atoms with van der Waals surface area (Å²) in [6.45, 7) is 0.255. The van der Waals surface area contributed by atoms with E-state index >= 15 is 0 Å². The molecule has 0 aliphatic carbocycles. The topological polar surface area (TPSA) is 49.4 Å². The number of amides is 2. The zero-order chi connectivity index (χ0) is 21.2. The zero-order valence-corrected chi connectivity index (χ0v) is 15.1. The van der Waals surface area contributed by atoms with E-state index in [0.29, 0.717) is 12.8 Å². The van der Waals surface area contributed by atoms with Crippen LogP contribution in [0.3, 0.4) is 0 Å². The number of hydrogen-bond donors (Lipinski definition) is 1. The highest BCUT2D eigenvalue weighted by Gasteiger charge is 2.33. The number of rotatable bonds is 3. The van der Waals surface area contributed by atoms with Gasteiger partial charge in [0.25, 0.3) is 5.91 Å². The van der Waals surface area contributed by atoms with E-state index in [-0.39, 0.29) is 24.3 Å². The van der Waals surface area contributed by atoms with Gasteiger partial charge in [0.1, 0.15) is 11.6 Å². The second-order valence-electron chi connectivity index (χ2n) is 6.78. The second kappa shape index (κ2) is 8.18. The van der Waals surface area contributed by atoms with Crippen molar-refractivity contribution in [2.75, 3.05) is 18.4 Å². The Labute approximate surface area is 163 Å². The monoisotopic (exact) mass is 412 g/mol. The fraction of sp³-hybridized carbons (Fsp3) is 0.300. The summed E-state index contributed by atoms with van der Waals surface area (Å²) in [5, 5.41) is 2.31. The van der Waals surface area contributed by atoms with Gasteiger partial charge in [-0.15, -0.1) is 0 Å². The first-order chi connectivity index (χ1) is 13.6. The normalized spacial score (nSPS) is 17.1. The summed E-state index contributed by atoms with van der Waals surface area (Å²) in [5.74, 6) is -3.41. The lowest BCUT2D eigenvalue weighted by Gasteiger charge is -2.32. The van der Waals surface area contributed by atoms with Crippen LogP contribution >= 0.6 is 0 Å². The van der Waals surface area contributed by atoms with Crippen LogP contribution in [-0.4, -0.2) is 29.8 Å². The quantitative estimate of drug-likeness (QED) is 0.756. The van der Waals surface area contributed by atoms with E-state index in [1.807, 2.05) is 0 Å². The Balaban J connectivity index is 1.71. The maximum absolute atomic E-state index is 13.7. The fourth-order valence-electron chi connectivity index (χ4n) is 3.21. The molecule has 1 aliphatic rings. The van der Waals surface area contributed by atoms with E-state index in [2.05, 4.69) is 5.32 Å². The van der Waals surface area contributed by atoms with E-state index in [0.717, 1.165) is 36.4 Å². The molecule has 1 atom stereocenters. The largest absolute Gasteiger partial charge is 0.416 e. The molecule has 0 aromatic heterocycles. The number of nitrogens with one attached hydrogen (secondary N) is 1. The van der Waals surface area contributed by atoms with Crippen LogP contribution in [-0.2, 0) is 11.0 Å². The van der Waals surface area contributed by atoms with Crippen LogP contribution in [0.4, 0.5) is 27.6 Å². The average molecular weight is 412 g/mol. The summed E-state index contributed by atoms with van der Waals surface area (Å²) in [6.07, 6.45) is -3.71. The molecule has 1 N–H and O–H groups in total. The molecule has 1 unspecified atom stereocenters. The molecule has 1 heterocycles. The minimum absolute atomic E-state index is 0.0299. The highest BCUT2D eigenvalue weighted by atomic mass is 19.4. The van der Waals surface area contributed by atoms with Crippen LogP contribution < -0.4 is 5.32 Å². The number of benzene rings is 2. The maximum atomic E-state index is 13.7. The van der Waals surface area contributed by atoms with Gasteiger partial charge in [-0.3, -0.25) is 9.59 Å². The molecule has 0 saturated carbocycles. The first-order valence-corrected chi connectivity index (χ1v) is 8.87. The Morgan fingerprint density at radius 2 is 1.83 bits per heavy atom. The Morgan fingerprint density at radius 1 is 1.07 bits per heavy atom. The lowest BCUT2D eigenvalue weighted by atomic mass is 9.96. The van der Waals surface area contributed by atoms with Gasteiger partial charge in [-0.1, -0.05) is 6.07 Å². The molecule has 0 radical (unpaired) electrons. The Bertz CT molecular complexity index is 929. The van der Waals surface area contributed by atoms with Gasteiger partial charge in [-0.25, -0.2) is 8.78 Å². The average Bonchev–Trinajstić information content (AvgIpc) is 2.69. The second-order valence-corrected chi connectivity index (χ2v) is 6.78. The molecule has 0 spiro atoms. The van der Waals surface area contributed by atoms with Crippen molar-refractivity contribution < 1.29 is 31.5 Å². The van der Waals surface area contributed by atoms with Crippen LogP contribution in [0.2, 0.25) is 0 Å². The molecule has 154 valence electrons. The van der Waals surface area contributed by atoms with Crippen molar-refractivity contribution in [3.8, 4) is 0 Å². The lowest BCUT2D eigenvalue weighted by molar-refractivity contribution is -0.137. The number of halogens is 5. The number of anilines is 1. The first kappa shape index (κ1) is 20.8. The highest BCUT2D eigenvalue weighted by molar-refractivity contribution is 5.96. The Hall–Kier alpha value is -2.97. The molecular weight excluding hydrogens is 395 g/mol. The van der Waals surface area contributed by atoms with Gasteiger partial charge >= 0.3 is 6.18 Å². The SMILES string of the molecule is O=C(Nc1cc(F)ccc1F)C1CCCN(C(=O)c2cccc(C(F)(F)F)c2)C1. The molecule has 0 bridgehead atoms. The summed E-state index contributed by atoms with van der Waals surface area (Å²) in [6, 6.07) is 6.73. The third-order valence-corrected chi connectivity index (χ3v) is 4.70. The van der Waals surface area contributed by atoms with Gasteiger partial charge in [0.2, 0.25) is 5.91 Å². The minimum Gasteiger partial charge on any atom is -0.338 e. The van der Waals surface area contributed by atoms with Crippen LogP contribution in [0, 0.1) is 17.6 Å². The van der Waals surface area contributed by atoms with Crippen molar-refractivity contribution in [3.05, 3.63) is 65.2 Å². The van der Waals surface area contributed by atoms with Gasteiger partial charge in [0.05, 0.1) is 17.2 Å². The fourth-order valence-corrected chi connectivity index (χ4v) is 3.21. The minimum atomic E-state index is -4.57. The number of alkyl halides is 3. The van der Waals surface area contributed by atoms with Gasteiger partial charge in [0, 0.05) is 24.7 Å². The molecule has 29 heavy (non-hydrogen) atoms. The summed E-state index contributed by atoms with van der Waals surface area (Å²) in [4.78, 5) is 26.4. The van der Waals surface area contributed by atoms with Crippen molar-refractivity contribution in [1.29, 1.82) is 0 Å². The molecular formula is C20H17F5N2O2. The van der Waals surface area contributed by atoms with Gasteiger partial charge in [-0.05, 0) is 43.2 Å². The number of piperidine rings is 1. The number of hydrogen-bond acceptors (Lipinski definition) is 2. The predicted molar refractivity (Wildman–Crippen MR) is 95.1 cm³/mol. The molecule has 4 nitrogen and oxygen atoms in total. The molecule has 1 aliphatic heterocycles. The van der Waals surface area contributed by atoms with Crippen molar-refractivity contribution in [2.24, 2.45) is 5.92 Å². The van der Waals surface area contributed by atoms with E-state index in [1.54, 1.807) is 0 Å². The van der Waals surface area contributed by atoms with Crippen molar-refractivity contribution >= 4 is 17.5 Å². The molecule has 3 rings (SSSR count). The molecule has 9 heteroatoms. The molecule has 1 fully saturated rings. The zero-order valence-electron chi connectivity index (χ0n) is 15.1. The standard InChI is InChI=1S/C20H17F5N2O2/c21-15-6-7-16(22)17(10-15)26-18(28)13-4-2-8-27(11-13)19(29)12-3-1-5-14(9-12)20(23,24)25/h1,3,5-7,9-10,13H,2,4,8,11H2,(H,26,28). The Morgan fingerprint density at radius 3 is 2.55 bits per heavy atom. The number of carbonyl (C=O) groups is 2. The maximum Gasteiger partial charge on any atom is 0.416 e. The molecule has 2 amide bonds. The van der Waals surface area contributed by atoms with Crippen LogP contribution in [0.25, 0.3) is 0 Å². The third-order valence-electron chi connectivity index (χ3n) is 4.70. The molecule has 1 saturated heterocycles. The number of likely N-dealkylation sites (tertiary alicyclic amines) is 1. The molecule has 2 aromatic rings. The van der Waals surface area contributed by atoms with E-state index in [4.69, 9.17) is 0 Å². The van der Waals surface area contributed by atoms with Crippen molar-refractivity contribution in [2.45, 2.75) is 19.0 Å². The van der Waals surface area contributed by atoms with Crippen molar-refractivity contribution in [1.82, 2.24) is 4.90 Å². The van der Waals surface area contributed by atoms with Crippen molar-refractivity contribution in [3.63, 3.8) is 0 Å². The third kappa shape index (κ3) is 4.90. The van der Waals surface area contributed by atoms with Crippen LogP contribution in [0.1, 0.15) is 28.8 Å². The van der Waals surface area contributed by atoms with E-state index < -0.39 is 41.1 Å². The van der Waals surface area contributed by atoms with Gasteiger partial charge < -0.3 is 10.2 Å². The lowest BCUT2D eigenvalue weighted by Crippen LogP contribution is -2.43. The Kier molecular flexibility index (Phi) is 5.86. The number of carbonyl (C=O) groups excluding carboxylic acids is 2. The summed E-state index contributed by atoms with van der Waals surface area (Å²) in [7, 11) is 0. The summed E-state index contributed by atoms with van der Waals surface area (Å²) in [5.41, 5.74) is -1.37. The first-order valence-electron chi connectivity index (χ1n) is 8.87. The van der Waals surface area contributed by atoms with Crippen LogP contribution in [0.15, 0.2) is 42.5 Å². The highest BCUT2D eigenvalue weighted by Crippen LogP contribution is 2.30. The van der Waals surface area contributed by atoms with E-state index in [9.17, 15) is 31.5 Å². The smallest absolute Gasteiger partial charge is 0.338 e. The van der Waals surface area contributed by atoms with E-state index in [1.165, 1.54) is 11.0 Å². The van der Waals surface area contributed by atoms with Crippen LogP contribution in [0.5, 0.6) is 0 Å². The summed E-state index contributed by atoms with van der Waals surface area (Å²) < 4.78 is 65.6. The van der Waals surface area contributed by atoms with Gasteiger partial charge in [-0.2, -0.15) is 13.2 Å². The summed E-state index contributed by atoms with van der Waals surface area (Å²) >= 11 is 0. The van der Waals surface area contributed by atoms with Gasteiger partial charge in [0.15, 0.2) is 0 Å². The molecule has 2 aromatic carbocycles. The number of nitrogens with zero attached hydrogens (tertiary/aromatic N) is 1. The predicted octanol–water partition coefficient (Wildman–Crippen LogP) is 4.47.